The van der Waals surface area contributed by atoms with Crippen LogP contribution in [0.2, 0.25) is 0 Å². The Balaban J connectivity index is 2.26. The topological polar surface area (TPSA) is 69.1 Å². The molecule has 0 amide bonds. The van der Waals surface area contributed by atoms with Gasteiger partial charge in [-0.25, -0.2) is 4.98 Å². The molecule has 0 aliphatic rings. The first-order valence-electron chi connectivity index (χ1n) is 5.87. The van der Waals surface area contributed by atoms with Crippen molar-refractivity contribution < 1.29 is 10.2 Å². The fourth-order valence-corrected chi connectivity index (χ4v) is 2.04. The molecule has 0 spiro atoms. The molecular formula is C15H12N2O2. The first kappa shape index (κ1) is 11.3. The quantitative estimate of drug-likeness (QED) is 0.613. The molecule has 3 N–H and O–H groups in total. The standard InChI is InChI=1S/C15H12N2O2/c18-13-8-11(10-4-2-1-3-5-10)12(9-14(13)19)15-16-6-7-17-15/h1-9,18-19H,(H,16,17). The monoisotopic (exact) mass is 252 g/mol. The Bertz CT molecular complexity index is 692. The van der Waals surface area contributed by atoms with Crippen LogP contribution in [0.15, 0.2) is 54.9 Å². The summed E-state index contributed by atoms with van der Waals surface area (Å²) < 4.78 is 0. The Labute approximate surface area is 110 Å². The van der Waals surface area contributed by atoms with Crippen LogP contribution < -0.4 is 0 Å². The number of phenols is 2. The Morgan fingerprint density at radius 1 is 0.895 bits per heavy atom. The van der Waals surface area contributed by atoms with Gasteiger partial charge in [0.2, 0.25) is 0 Å². The van der Waals surface area contributed by atoms with Gasteiger partial charge in [-0.1, -0.05) is 30.3 Å². The molecule has 4 heteroatoms. The summed E-state index contributed by atoms with van der Waals surface area (Å²) in [5.41, 5.74) is 2.50. The maximum atomic E-state index is 9.70. The number of aromatic amines is 1. The number of hydrogen-bond acceptors (Lipinski definition) is 3. The average molecular weight is 252 g/mol. The van der Waals surface area contributed by atoms with Crippen molar-refractivity contribution in [2.45, 2.75) is 0 Å². The van der Waals surface area contributed by atoms with E-state index in [-0.39, 0.29) is 11.5 Å². The lowest BCUT2D eigenvalue weighted by atomic mass is 9.98. The number of hydrogen-bond donors (Lipinski definition) is 3. The number of aromatic hydroxyl groups is 2. The molecule has 1 heterocycles. The summed E-state index contributed by atoms with van der Waals surface area (Å²) in [5, 5.41) is 19.4. The van der Waals surface area contributed by atoms with Gasteiger partial charge in [-0.05, 0) is 23.3 Å². The van der Waals surface area contributed by atoms with Crippen molar-refractivity contribution in [2.24, 2.45) is 0 Å². The van der Waals surface area contributed by atoms with E-state index < -0.39 is 0 Å². The highest BCUT2D eigenvalue weighted by molar-refractivity contribution is 5.83. The Morgan fingerprint density at radius 2 is 1.58 bits per heavy atom. The van der Waals surface area contributed by atoms with E-state index >= 15 is 0 Å². The SMILES string of the molecule is Oc1cc(-c2ccccc2)c(-c2ncc[nH]2)cc1O. The summed E-state index contributed by atoms with van der Waals surface area (Å²) in [4.78, 5) is 7.20. The van der Waals surface area contributed by atoms with Gasteiger partial charge in [0.05, 0.1) is 0 Å². The highest BCUT2D eigenvalue weighted by Crippen LogP contribution is 2.38. The van der Waals surface area contributed by atoms with E-state index in [9.17, 15) is 10.2 Å². The van der Waals surface area contributed by atoms with Crippen LogP contribution in [-0.4, -0.2) is 20.2 Å². The molecule has 1 aromatic heterocycles. The van der Waals surface area contributed by atoms with E-state index in [1.165, 1.54) is 6.07 Å². The minimum atomic E-state index is -0.161. The summed E-state index contributed by atoms with van der Waals surface area (Å²) in [6, 6.07) is 12.7. The molecule has 94 valence electrons. The molecule has 0 aliphatic heterocycles. The molecular weight excluding hydrogens is 240 g/mol. The largest absolute Gasteiger partial charge is 0.504 e. The van der Waals surface area contributed by atoms with Gasteiger partial charge >= 0.3 is 0 Å². The van der Waals surface area contributed by atoms with Crippen molar-refractivity contribution in [3.63, 3.8) is 0 Å². The summed E-state index contributed by atoms with van der Waals surface area (Å²) in [5.74, 6) is 0.342. The lowest BCUT2D eigenvalue weighted by Gasteiger charge is -2.10. The van der Waals surface area contributed by atoms with E-state index in [4.69, 9.17) is 0 Å². The molecule has 0 saturated heterocycles. The third-order valence-electron chi connectivity index (χ3n) is 2.95. The molecule has 0 saturated carbocycles. The third-order valence-corrected chi connectivity index (χ3v) is 2.95. The van der Waals surface area contributed by atoms with E-state index in [2.05, 4.69) is 9.97 Å². The number of H-pyrrole nitrogens is 1. The minimum Gasteiger partial charge on any atom is -0.504 e. The van der Waals surface area contributed by atoms with E-state index in [1.807, 2.05) is 30.3 Å². The van der Waals surface area contributed by atoms with Crippen molar-refractivity contribution >= 4 is 0 Å². The molecule has 3 rings (SSSR count). The molecule has 2 aromatic carbocycles. The number of benzene rings is 2. The Morgan fingerprint density at radius 3 is 2.21 bits per heavy atom. The second-order valence-corrected chi connectivity index (χ2v) is 4.19. The number of aromatic nitrogens is 2. The lowest BCUT2D eigenvalue weighted by Crippen LogP contribution is -1.87. The van der Waals surface area contributed by atoms with Gasteiger partial charge in [-0.2, -0.15) is 0 Å². The molecule has 3 aromatic rings. The fraction of sp³-hybridized carbons (Fsp3) is 0. The predicted octanol–water partition coefficient (Wildman–Crippen LogP) is 3.15. The molecule has 0 bridgehead atoms. The second-order valence-electron chi connectivity index (χ2n) is 4.19. The zero-order valence-corrected chi connectivity index (χ0v) is 10.0. The fourth-order valence-electron chi connectivity index (χ4n) is 2.04. The number of rotatable bonds is 2. The number of nitrogens with zero attached hydrogens (tertiary/aromatic N) is 1. The van der Waals surface area contributed by atoms with Crippen molar-refractivity contribution in [1.82, 2.24) is 9.97 Å². The first-order chi connectivity index (χ1) is 9.25. The normalized spacial score (nSPS) is 10.5. The summed E-state index contributed by atoms with van der Waals surface area (Å²) in [6.45, 7) is 0. The first-order valence-corrected chi connectivity index (χ1v) is 5.87. The maximum absolute atomic E-state index is 9.70. The zero-order valence-electron chi connectivity index (χ0n) is 10.0. The van der Waals surface area contributed by atoms with Gasteiger partial charge in [-0.3, -0.25) is 0 Å². The van der Waals surface area contributed by atoms with Crippen LogP contribution in [0.1, 0.15) is 0 Å². The van der Waals surface area contributed by atoms with Gasteiger partial charge in [0.15, 0.2) is 11.5 Å². The van der Waals surface area contributed by atoms with Crippen LogP contribution in [0.25, 0.3) is 22.5 Å². The van der Waals surface area contributed by atoms with Crippen molar-refractivity contribution in [1.29, 1.82) is 0 Å². The molecule has 0 atom stereocenters. The number of nitrogens with one attached hydrogen (secondary N) is 1. The molecule has 0 radical (unpaired) electrons. The highest BCUT2D eigenvalue weighted by Gasteiger charge is 2.13. The van der Waals surface area contributed by atoms with Crippen molar-refractivity contribution in [3.05, 3.63) is 54.9 Å². The second kappa shape index (κ2) is 4.49. The molecule has 4 nitrogen and oxygen atoms in total. The maximum Gasteiger partial charge on any atom is 0.158 e. The summed E-state index contributed by atoms with van der Waals surface area (Å²) in [6.07, 6.45) is 3.36. The molecule has 0 fully saturated rings. The average Bonchev–Trinajstić information content (AvgIpc) is 2.96. The summed E-state index contributed by atoms with van der Waals surface area (Å²) >= 11 is 0. The van der Waals surface area contributed by atoms with Crippen LogP contribution in [-0.2, 0) is 0 Å². The molecule has 0 aliphatic carbocycles. The van der Waals surface area contributed by atoms with Gasteiger partial charge in [0.1, 0.15) is 5.82 Å². The number of imidazole rings is 1. The van der Waals surface area contributed by atoms with Crippen LogP contribution in [0.3, 0.4) is 0 Å². The van der Waals surface area contributed by atoms with E-state index in [1.54, 1.807) is 18.5 Å². The van der Waals surface area contributed by atoms with Gasteiger partial charge < -0.3 is 15.2 Å². The predicted molar refractivity (Wildman–Crippen MR) is 72.8 cm³/mol. The van der Waals surface area contributed by atoms with Crippen LogP contribution >= 0.6 is 0 Å². The molecule has 0 unspecified atom stereocenters. The number of phenolic OH excluding ortho intramolecular Hbond substituents is 2. The summed E-state index contributed by atoms with van der Waals surface area (Å²) in [7, 11) is 0. The van der Waals surface area contributed by atoms with Crippen LogP contribution in [0, 0.1) is 0 Å². The molecule has 19 heavy (non-hydrogen) atoms. The van der Waals surface area contributed by atoms with Crippen molar-refractivity contribution in [3.8, 4) is 34.0 Å². The lowest BCUT2D eigenvalue weighted by molar-refractivity contribution is 0.404. The van der Waals surface area contributed by atoms with E-state index in [0.717, 1.165) is 16.7 Å². The van der Waals surface area contributed by atoms with Gasteiger partial charge in [0.25, 0.3) is 0 Å². The van der Waals surface area contributed by atoms with Gasteiger partial charge in [0, 0.05) is 18.0 Å². The van der Waals surface area contributed by atoms with Crippen LogP contribution in [0.4, 0.5) is 0 Å². The van der Waals surface area contributed by atoms with Crippen molar-refractivity contribution in [2.75, 3.05) is 0 Å². The zero-order chi connectivity index (χ0) is 13.2. The minimum absolute atomic E-state index is 0.144. The van der Waals surface area contributed by atoms with E-state index in [0.29, 0.717) is 5.82 Å². The Kier molecular flexibility index (Phi) is 2.68. The highest BCUT2D eigenvalue weighted by atomic mass is 16.3. The third kappa shape index (κ3) is 2.04. The van der Waals surface area contributed by atoms with Gasteiger partial charge in [-0.15, -0.1) is 0 Å². The smallest absolute Gasteiger partial charge is 0.158 e. The Hall–Kier alpha value is -2.75. The van der Waals surface area contributed by atoms with Crippen LogP contribution in [0.5, 0.6) is 11.5 Å².